The van der Waals surface area contributed by atoms with Gasteiger partial charge in [0.1, 0.15) is 5.60 Å². The highest BCUT2D eigenvalue weighted by Gasteiger charge is 2.26. The van der Waals surface area contributed by atoms with Crippen LogP contribution in [-0.4, -0.2) is 41.4 Å². The van der Waals surface area contributed by atoms with Crippen LogP contribution in [0, 0.1) is 0 Å². The molecule has 0 saturated carbocycles. The second-order valence-electron chi connectivity index (χ2n) is 8.18. The molecular formula is C23H28ClNO3S. The highest BCUT2D eigenvalue weighted by molar-refractivity contribution is 7.99. The molecule has 2 aromatic carbocycles. The number of nitrogens with zero attached hydrogens (tertiary/aromatic N) is 1. The van der Waals surface area contributed by atoms with Gasteiger partial charge in [-0.05, 0) is 56.4 Å². The summed E-state index contributed by atoms with van der Waals surface area (Å²) in [4.78, 5) is 15.3. The summed E-state index contributed by atoms with van der Waals surface area (Å²) in [5.74, 6) is 0. The largest absolute Gasteiger partial charge is 0.444 e. The van der Waals surface area contributed by atoms with E-state index in [2.05, 4.69) is 6.07 Å². The molecule has 0 aliphatic carbocycles. The number of fused-ring (bicyclic) bond motifs is 1. The van der Waals surface area contributed by atoms with Crippen molar-refractivity contribution in [3.05, 3.63) is 64.2 Å². The third kappa shape index (κ3) is 5.68. The van der Waals surface area contributed by atoms with E-state index >= 15 is 0 Å². The minimum absolute atomic E-state index is 0.0265. The zero-order valence-electron chi connectivity index (χ0n) is 17.2. The van der Waals surface area contributed by atoms with Gasteiger partial charge in [0.15, 0.2) is 0 Å². The molecule has 2 aromatic rings. The van der Waals surface area contributed by atoms with E-state index in [1.165, 1.54) is 11.1 Å². The lowest BCUT2D eigenvalue weighted by Crippen LogP contribution is -2.38. The van der Waals surface area contributed by atoms with Gasteiger partial charge in [0.25, 0.3) is 0 Å². The molecule has 1 N–H and O–H groups in total. The standard InChI is InChI=1S/C23H28ClNO3S/c1-23(2,3)28-22(27)25-13-11-16-9-10-19(24)21(18(16)12-14-25)29-20(15-26)17-7-5-4-6-8-17/h4-10,20,26H,11-15H2,1-3H3. The first-order chi connectivity index (χ1) is 13.8. The highest BCUT2D eigenvalue weighted by atomic mass is 35.5. The average molecular weight is 434 g/mol. The Bertz CT molecular complexity index is 851. The highest BCUT2D eigenvalue weighted by Crippen LogP contribution is 2.42. The number of carbonyl (C=O) groups is 1. The van der Waals surface area contributed by atoms with Gasteiger partial charge in [0.05, 0.1) is 16.9 Å². The molecule has 6 heteroatoms. The molecule has 1 atom stereocenters. The van der Waals surface area contributed by atoms with Crippen LogP contribution in [0.2, 0.25) is 5.02 Å². The van der Waals surface area contributed by atoms with Crippen LogP contribution < -0.4 is 0 Å². The summed E-state index contributed by atoms with van der Waals surface area (Å²) in [5, 5.41) is 10.6. The van der Waals surface area contributed by atoms with Crippen molar-refractivity contribution in [3.63, 3.8) is 0 Å². The van der Waals surface area contributed by atoms with Crippen LogP contribution in [0.4, 0.5) is 4.79 Å². The molecule has 4 nitrogen and oxygen atoms in total. The lowest BCUT2D eigenvalue weighted by atomic mass is 10.0. The second kappa shape index (κ2) is 9.41. The topological polar surface area (TPSA) is 49.8 Å². The number of halogens is 1. The molecule has 1 heterocycles. The fourth-order valence-electron chi connectivity index (χ4n) is 3.42. The fraction of sp³-hybridized carbons (Fsp3) is 0.435. The maximum absolute atomic E-state index is 12.5. The summed E-state index contributed by atoms with van der Waals surface area (Å²) < 4.78 is 5.55. The molecule has 0 spiro atoms. The smallest absolute Gasteiger partial charge is 0.410 e. The predicted molar refractivity (Wildman–Crippen MR) is 119 cm³/mol. The number of aliphatic hydroxyl groups is 1. The Hall–Kier alpha value is -1.69. The van der Waals surface area contributed by atoms with Crippen LogP contribution in [-0.2, 0) is 17.6 Å². The zero-order valence-corrected chi connectivity index (χ0v) is 18.7. The summed E-state index contributed by atoms with van der Waals surface area (Å²) in [5.41, 5.74) is 2.93. The number of rotatable bonds is 4. The lowest BCUT2D eigenvalue weighted by Gasteiger charge is -2.26. The van der Waals surface area contributed by atoms with Gasteiger partial charge in [-0.1, -0.05) is 48.0 Å². The fourth-order valence-corrected chi connectivity index (χ4v) is 4.94. The number of hydrogen-bond donors (Lipinski definition) is 1. The third-order valence-electron chi connectivity index (χ3n) is 4.84. The Balaban J connectivity index is 1.82. The van der Waals surface area contributed by atoms with Crippen LogP contribution in [0.3, 0.4) is 0 Å². The molecule has 3 rings (SSSR count). The van der Waals surface area contributed by atoms with Gasteiger partial charge in [-0.25, -0.2) is 4.79 Å². The van der Waals surface area contributed by atoms with Crippen molar-refractivity contribution in [2.24, 2.45) is 0 Å². The summed E-state index contributed by atoms with van der Waals surface area (Å²) in [6.45, 7) is 6.87. The summed E-state index contributed by atoms with van der Waals surface area (Å²) in [7, 11) is 0. The van der Waals surface area contributed by atoms with E-state index in [1.807, 2.05) is 57.2 Å². The van der Waals surface area contributed by atoms with Crippen molar-refractivity contribution >= 4 is 29.5 Å². The molecule has 1 amide bonds. The van der Waals surface area contributed by atoms with Crippen molar-refractivity contribution in [1.29, 1.82) is 0 Å². The molecule has 1 unspecified atom stereocenters. The molecule has 0 bridgehead atoms. The molecule has 0 aromatic heterocycles. The Morgan fingerprint density at radius 1 is 1.17 bits per heavy atom. The van der Waals surface area contributed by atoms with E-state index in [4.69, 9.17) is 16.3 Å². The molecule has 0 fully saturated rings. The number of ether oxygens (including phenoxy) is 1. The quantitative estimate of drug-likeness (QED) is 0.646. The van der Waals surface area contributed by atoms with Crippen molar-refractivity contribution in [1.82, 2.24) is 4.90 Å². The maximum Gasteiger partial charge on any atom is 0.410 e. The zero-order chi connectivity index (χ0) is 21.0. The number of aliphatic hydroxyl groups excluding tert-OH is 1. The Labute approximate surface area is 182 Å². The first kappa shape index (κ1) is 22.0. The first-order valence-electron chi connectivity index (χ1n) is 9.89. The van der Waals surface area contributed by atoms with Crippen molar-refractivity contribution in [2.75, 3.05) is 19.7 Å². The van der Waals surface area contributed by atoms with Crippen LogP contribution in [0.25, 0.3) is 0 Å². The number of thioether (sulfide) groups is 1. The van der Waals surface area contributed by atoms with Crippen LogP contribution in [0.1, 0.15) is 42.7 Å². The molecule has 1 aliphatic heterocycles. The second-order valence-corrected chi connectivity index (χ2v) is 9.80. The molecule has 0 saturated heterocycles. The van der Waals surface area contributed by atoms with E-state index in [9.17, 15) is 9.90 Å². The third-order valence-corrected chi connectivity index (χ3v) is 6.68. The van der Waals surface area contributed by atoms with Gasteiger partial charge in [0.2, 0.25) is 0 Å². The first-order valence-corrected chi connectivity index (χ1v) is 11.1. The number of carbonyl (C=O) groups excluding carboxylic acids is 1. The minimum Gasteiger partial charge on any atom is -0.444 e. The van der Waals surface area contributed by atoms with Gasteiger partial charge >= 0.3 is 6.09 Å². The summed E-state index contributed by atoms with van der Waals surface area (Å²) in [6.07, 6.45) is 1.20. The van der Waals surface area contributed by atoms with Crippen LogP contribution in [0.15, 0.2) is 47.4 Å². The number of hydrogen-bond acceptors (Lipinski definition) is 4. The van der Waals surface area contributed by atoms with E-state index < -0.39 is 5.60 Å². The molecule has 1 aliphatic rings. The van der Waals surface area contributed by atoms with Crippen molar-refractivity contribution < 1.29 is 14.6 Å². The van der Waals surface area contributed by atoms with E-state index in [0.29, 0.717) is 24.5 Å². The minimum atomic E-state index is -0.509. The predicted octanol–water partition coefficient (Wildman–Crippen LogP) is 5.50. The maximum atomic E-state index is 12.5. The van der Waals surface area contributed by atoms with Gasteiger partial charge in [-0.2, -0.15) is 0 Å². The lowest BCUT2D eigenvalue weighted by molar-refractivity contribution is 0.0258. The van der Waals surface area contributed by atoms with Gasteiger partial charge in [0, 0.05) is 18.0 Å². The van der Waals surface area contributed by atoms with Crippen LogP contribution >= 0.6 is 23.4 Å². The molecule has 29 heavy (non-hydrogen) atoms. The monoisotopic (exact) mass is 433 g/mol. The van der Waals surface area contributed by atoms with Gasteiger partial charge in [-0.3, -0.25) is 0 Å². The summed E-state index contributed by atoms with van der Waals surface area (Å²) >= 11 is 8.18. The Kier molecular flexibility index (Phi) is 7.14. The Morgan fingerprint density at radius 3 is 2.52 bits per heavy atom. The van der Waals surface area contributed by atoms with Gasteiger partial charge < -0.3 is 14.7 Å². The van der Waals surface area contributed by atoms with E-state index in [1.54, 1.807) is 16.7 Å². The number of benzene rings is 2. The Morgan fingerprint density at radius 2 is 1.86 bits per heavy atom. The van der Waals surface area contributed by atoms with Crippen molar-refractivity contribution in [2.45, 2.75) is 49.4 Å². The van der Waals surface area contributed by atoms with Crippen LogP contribution in [0.5, 0.6) is 0 Å². The average Bonchev–Trinajstić information content (AvgIpc) is 2.90. The van der Waals surface area contributed by atoms with Crippen molar-refractivity contribution in [3.8, 4) is 0 Å². The normalized spacial score (nSPS) is 15.4. The van der Waals surface area contributed by atoms with E-state index in [-0.39, 0.29) is 18.0 Å². The molecule has 0 radical (unpaired) electrons. The molecular weight excluding hydrogens is 406 g/mol. The van der Waals surface area contributed by atoms with E-state index in [0.717, 1.165) is 16.9 Å². The SMILES string of the molecule is CC(C)(C)OC(=O)N1CCc2ccc(Cl)c(SC(CO)c3ccccc3)c2CC1. The molecule has 156 valence electrons. The van der Waals surface area contributed by atoms with Gasteiger partial charge in [-0.15, -0.1) is 11.8 Å². The summed E-state index contributed by atoms with van der Waals surface area (Å²) in [6, 6.07) is 13.9. The number of amides is 1.